The molecule has 1 atom stereocenters. The molecule has 0 fully saturated rings. The number of fused-ring (bicyclic) bond motifs is 1. The first kappa shape index (κ1) is 28.6. The van der Waals surface area contributed by atoms with Crippen molar-refractivity contribution in [3.63, 3.8) is 0 Å². The van der Waals surface area contributed by atoms with Crippen LogP contribution in [0.15, 0.2) is 84.5 Å². The zero-order valence-electron chi connectivity index (χ0n) is 21.9. The van der Waals surface area contributed by atoms with Crippen molar-refractivity contribution in [3.05, 3.63) is 107 Å². The number of hydrogen-bond donors (Lipinski definition) is 0. The number of allylic oxidation sites excluding steroid dienone is 1. The molecule has 0 aliphatic carbocycles. The van der Waals surface area contributed by atoms with Crippen LogP contribution in [0.4, 0.5) is 13.2 Å². The summed E-state index contributed by atoms with van der Waals surface area (Å²) in [5, 5.41) is 0. The summed E-state index contributed by atoms with van der Waals surface area (Å²) >= 11 is 4.58. The number of nitrogens with zero attached hydrogens (tertiary/aromatic N) is 2. The minimum atomic E-state index is -4.49. The van der Waals surface area contributed by atoms with Gasteiger partial charge in [0.2, 0.25) is 0 Å². The molecular formula is C29H22BrF3N2O5S. The van der Waals surface area contributed by atoms with Gasteiger partial charge in [-0.1, -0.05) is 29.5 Å². The molecule has 212 valence electrons. The molecule has 4 aromatic rings. The number of ether oxygens (including phenoxy) is 2. The summed E-state index contributed by atoms with van der Waals surface area (Å²) in [5.74, 6) is 0.481. The van der Waals surface area contributed by atoms with E-state index in [0.29, 0.717) is 26.3 Å². The van der Waals surface area contributed by atoms with Crippen molar-refractivity contribution < 1.29 is 31.9 Å². The molecular weight excluding hydrogens is 625 g/mol. The van der Waals surface area contributed by atoms with Gasteiger partial charge >= 0.3 is 12.1 Å². The van der Waals surface area contributed by atoms with Crippen molar-refractivity contribution in [3.8, 4) is 17.1 Å². The Balaban J connectivity index is 1.62. The summed E-state index contributed by atoms with van der Waals surface area (Å²) in [7, 11) is 1.53. The first-order valence-corrected chi connectivity index (χ1v) is 13.9. The van der Waals surface area contributed by atoms with Gasteiger partial charge < -0.3 is 13.9 Å². The Morgan fingerprint density at radius 3 is 2.66 bits per heavy atom. The maximum atomic E-state index is 13.8. The Morgan fingerprint density at radius 2 is 1.98 bits per heavy atom. The highest BCUT2D eigenvalue weighted by molar-refractivity contribution is 9.10. The number of aromatic nitrogens is 1. The fraction of sp³-hybridized carbons (Fsp3) is 0.207. The lowest BCUT2D eigenvalue weighted by molar-refractivity contribution is -0.139. The van der Waals surface area contributed by atoms with Gasteiger partial charge in [-0.05, 0) is 71.7 Å². The Hall–Kier alpha value is -3.90. The van der Waals surface area contributed by atoms with E-state index in [9.17, 15) is 22.8 Å². The number of thiazole rings is 1. The number of benzene rings is 2. The molecule has 0 bridgehead atoms. The van der Waals surface area contributed by atoms with E-state index < -0.39 is 29.3 Å². The minimum absolute atomic E-state index is 0.145. The molecule has 0 N–H and O–H groups in total. The van der Waals surface area contributed by atoms with Crippen LogP contribution in [0.25, 0.3) is 17.4 Å². The molecule has 1 aliphatic heterocycles. The number of esters is 1. The van der Waals surface area contributed by atoms with Crippen LogP contribution in [0.3, 0.4) is 0 Å². The second-order valence-corrected chi connectivity index (χ2v) is 10.8. The number of furan rings is 1. The van der Waals surface area contributed by atoms with Gasteiger partial charge in [-0.25, -0.2) is 9.79 Å². The molecule has 7 nitrogen and oxygen atoms in total. The van der Waals surface area contributed by atoms with Crippen LogP contribution in [0, 0.1) is 0 Å². The first-order valence-electron chi connectivity index (χ1n) is 12.3. The SMILES string of the molecule is CCOC(=O)C1=C(C)N=c2sc(=Cc3ccc(-c4cccc(C(F)(F)F)c4)o3)c(=O)n2[C@H]1c1ccc(OC)c(Br)c1. The third-order valence-electron chi connectivity index (χ3n) is 6.38. The van der Waals surface area contributed by atoms with Gasteiger partial charge in [0, 0.05) is 11.6 Å². The van der Waals surface area contributed by atoms with Gasteiger partial charge in [0.1, 0.15) is 17.3 Å². The fourth-order valence-corrected chi connectivity index (χ4v) is 6.11. The van der Waals surface area contributed by atoms with Crippen LogP contribution in [-0.2, 0) is 15.7 Å². The average molecular weight is 647 g/mol. The molecule has 0 amide bonds. The lowest BCUT2D eigenvalue weighted by Crippen LogP contribution is -2.39. The highest BCUT2D eigenvalue weighted by Crippen LogP contribution is 2.35. The van der Waals surface area contributed by atoms with Crippen molar-refractivity contribution in [2.75, 3.05) is 13.7 Å². The van der Waals surface area contributed by atoms with Crippen LogP contribution in [-0.4, -0.2) is 24.3 Å². The Morgan fingerprint density at radius 1 is 1.20 bits per heavy atom. The van der Waals surface area contributed by atoms with E-state index in [1.165, 1.54) is 29.9 Å². The molecule has 41 heavy (non-hydrogen) atoms. The van der Waals surface area contributed by atoms with Crippen molar-refractivity contribution in [2.24, 2.45) is 4.99 Å². The lowest BCUT2D eigenvalue weighted by Gasteiger charge is -2.25. The van der Waals surface area contributed by atoms with Crippen molar-refractivity contribution in [2.45, 2.75) is 26.1 Å². The average Bonchev–Trinajstić information content (AvgIpc) is 3.52. The van der Waals surface area contributed by atoms with E-state index in [2.05, 4.69) is 20.9 Å². The van der Waals surface area contributed by atoms with Crippen LogP contribution in [0.5, 0.6) is 5.75 Å². The summed E-state index contributed by atoms with van der Waals surface area (Å²) in [5.41, 5.74) is 0.315. The van der Waals surface area contributed by atoms with Crippen LogP contribution < -0.4 is 19.6 Å². The molecule has 0 spiro atoms. The molecule has 12 heteroatoms. The maximum Gasteiger partial charge on any atom is 0.416 e. The normalized spacial score (nSPS) is 15.5. The van der Waals surface area contributed by atoms with E-state index in [4.69, 9.17) is 13.9 Å². The number of carbonyl (C=O) groups excluding carboxylic acids is 1. The molecule has 2 aromatic carbocycles. The number of methoxy groups -OCH3 is 1. The molecule has 0 unspecified atom stereocenters. The smallest absolute Gasteiger partial charge is 0.416 e. The van der Waals surface area contributed by atoms with Gasteiger partial charge in [0.25, 0.3) is 5.56 Å². The van der Waals surface area contributed by atoms with E-state index in [1.54, 1.807) is 44.2 Å². The Kier molecular flexibility index (Phi) is 7.80. The first-order chi connectivity index (χ1) is 19.5. The molecule has 0 saturated heterocycles. The van der Waals surface area contributed by atoms with Gasteiger partial charge in [0.15, 0.2) is 4.80 Å². The summed E-state index contributed by atoms with van der Waals surface area (Å²) in [6.45, 7) is 3.52. The van der Waals surface area contributed by atoms with Crippen molar-refractivity contribution in [1.29, 1.82) is 0 Å². The molecule has 0 radical (unpaired) electrons. The molecule has 0 saturated carbocycles. The highest BCUT2D eigenvalue weighted by atomic mass is 79.9. The number of halogens is 4. The molecule has 1 aliphatic rings. The van der Waals surface area contributed by atoms with Gasteiger partial charge in [-0.15, -0.1) is 0 Å². The number of alkyl halides is 3. The zero-order valence-corrected chi connectivity index (χ0v) is 24.3. The fourth-order valence-electron chi connectivity index (χ4n) is 4.52. The number of hydrogen-bond acceptors (Lipinski definition) is 7. The van der Waals surface area contributed by atoms with Crippen LogP contribution >= 0.6 is 27.3 Å². The lowest BCUT2D eigenvalue weighted by atomic mass is 9.96. The van der Waals surface area contributed by atoms with Gasteiger partial charge in [0.05, 0.1) is 45.6 Å². The molecule has 3 heterocycles. The topological polar surface area (TPSA) is 83.0 Å². The second kappa shape index (κ2) is 11.2. The quantitative estimate of drug-likeness (QED) is 0.246. The summed E-state index contributed by atoms with van der Waals surface area (Å²) in [6.07, 6.45) is -2.98. The largest absolute Gasteiger partial charge is 0.496 e. The van der Waals surface area contributed by atoms with Crippen molar-refractivity contribution in [1.82, 2.24) is 4.57 Å². The van der Waals surface area contributed by atoms with Crippen LogP contribution in [0.1, 0.15) is 36.8 Å². The second-order valence-electron chi connectivity index (χ2n) is 8.98. The summed E-state index contributed by atoms with van der Waals surface area (Å²) in [4.78, 5) is 31.7. The predicted octanol–water partition coefficient (Wildman–Crippen LogP) is 5.85. The third kappa shape index (κ3) is 5.53. The van der Waals surface area contributed by atoms with E-state index in [1.807, 2.05) is 0 Å². The minimum Gasteiger partial charge on any atom is -0.496 e. The highest BCUT2D eigenvalue weighted by Gasteiger charge is 2.34. The summed E-state index contributed by atoms with van der Waals surface area (Å²) in [6, 6.07) is 12.3. The van der Waals surface area contributed by atoms with Gasteiger partial charge in [-0.2, -0.15) is 13.2 Å². The Labute approximate surface area is 244 Å². The Bertz CT molecular complexity index is 1870. The zero-order chi connectivity index (χ0) is 29.5. The molecule has 5 rings (SSSR count). The van der Waals surface area contributed by atoms with E-state index in [-0.39, 0.29) is 33.8 Å². The maximum absolute atomic E-state index is 13.8. The monoisotopic (exact) mass is 646 g/mol. The van der Waals surface area contributed by atoms with Gasteiger partial charge in [-0.3, -0.25) is 9.36 Å². The van der Waals surface area contributed by atoms with E-state index >= 15 is 0 Å². The van der Waals surface area contributed by atoms with Crippen LogP contribution in [0.2, 0.25) is 0 Å². The molecule has 2 aromatic heterocycles. The third-order valence-corrected chi connectivity index (χ3v) is 7.99. The van der Waals surface area contributed by atoms with Crippen molar-refractivity contribution >= 4 is 39.3 Å². The number of rotatable bonds is 6. The van der Waals surface area contributed by atoms with E-state index in [0.717, 1.165) is 23.5 Å². The standard InChI is InChI=1S/C29H22BrF3N2O5S/c1-4-39-27(37)24-15(2)34-28-35(25(24)17-8-10-22(38-3)20(30)13-17)26(36)23(41-28)14-19-9-11-21(40-19)16-6-5-7-18(12-16)29(31,32)33/h5-14,25H,4H2,1-3H3/t25-/m0/s1. The summed E-state index contributed by atoms with van der Waals surface area (Å²) < 4.78 is 58.3. The number of carbonyl (C=O) groups is 1. The predicted molar refractivity (Wildman–Crippen MR) is 150 cm³/mol.